The van der Waals surface area contributed by atoms with Gasteiger partial charge in [-0.25, -0.2) is 4.98 Å². The van der Waals surface area contributed by atoms with Crippen molar-refractivity contribution in [2.24, 2.45) is 5.73 Å². The molecule has 0 aliphatic rings. The molecule has 1 atom stereocenters. The fraction of sp³-hybridized carbons (Fsp3) is 0.0833. The highest BCUT2D eigenvalue weighted by molar-refractivity contribution is 5.84. The lowest BCUT2D eigenvalue weighted by Crippen LogP contribution is -2.24. The van der Waals surface area contributed by atoms with Crippen molar-refractivity contribution >= 4 is 5.91 Å². The zero-order valence-electron chi connectivity index (χ0n) is 9.32. The maximum absolute atomic E-state index is 11.5. The molecule has 18 heavy (non-hydrogen) atoms. The van der Waals surface area contributed by atoms with Crippen molar-refractivity contribution in [1.29, 1.82) is 0 Å². The molecule has 92 valence electrons. The van der Waals surface area contributed by atoms with Gasteiger partial charge >= 0.3 is 0 Å². The van der Waals surface area contributed by atoms with E-state index in [9.17, 15) is 9.90 Å². The Balaban J connectivity index is 2.49. The summed E-state index contributed by atoms with van der Waals surface area (Å²) in [5.41, 5.74) is 5.95. The number of amides is 1. The zero-order chi connectivity index (χ0) is 13.1. The molecule has 0 aliphatic heterocycles. The molecule has 0 aliphatic carbocycles. The second-order valence-corrected chi connectivity index (χ2v) is 3.68. The monoisotopic (exact) mass is 245 g/mol. The largest absolute Gasteiger partial charge is 0.502 e. The SMILES string of the molecule is NC(=O)C(c1ccccc1)c1ncc(O)c(O)n1. The van der Waals surface area contributed by atoms with Gasteiger partial charge in [-0.2, -0.15) is 4.98 Å². The van der Waals surface area contributed by atoms with Crippen LogP contribution in [0.3, 0.4) is 0 Å². The van der Waals surface area contributed by atoms with E-state index < -0.39 is 23.5 Å². The van der Waals surface area contributed by atoms with Crippen LogP contribution in [0.4, 0.5) is 0 Å². The quantitative estimate of drug-likeness (QED) is 0.729. The molecule has 1 heterocycles. The minimum absolute atomic E-state index is 0.0454. The van der Waals surface area contributed by atoms with Gasteiger partial charge < -0.3 is 15.9 Å². The first-order valence-corrected chi connectivity index (χ1v) is 5.18. The van der Waals surface area contributed by atoms with Gasteiger partial charge in [0.05, 0.1) is 6.20 Å². The Morgan fingerprint density at radius 1 is 1.22 bits per heavy atom. The summed E-state index contributed by atoms with van der Waals surface area (Å²) in [5, 5.41) is 18.5. The maximum atomic E-state index is 11.5. The molecule has 0 bridgehead atoms. The highest BCUT2D eigenvalue weighted by Gasteiger charge is 2.24. The molecule has 0 saturated carbocycles. The van der Waals surface area contributed by atoms with Crippen LogP contribution in [0.25, 0.3) is 0 Å². The summed E-state index contributed by atoms with van der Waals surface area (Å²) in [5.74, 6) is -2.48. The third-order valence-corrected chi connectivity index (χ3v) is 2.44. The summed E-state index contributed by atoms with van der Waals surface area (Å²) in [6.07, 6.45) is 1.02. The van der Waals surface area contributed by atoms with Gasteiger partial charge in [-0.05, 0) is 5.56 Å². The van der Waals surface area contributed by atoms with E-state index in [1.807, 2.05) is 0 Å². The average molecular weight is 245 g/mol. The lowest BCUT2D eigenvalue weighted by Gasteiger charge is -2.12. The molecule has 1 unspecified atom stereocenters. The van der Waals surface area contributed by atoms with Gasteiger partial charge in [0.1, 0.15) is 11.7 Å². The summed E-state index contributed by atoms with van der Waals surface area (Å²) in [6, 6.07) is 8.74. The van der Waals surface area contributed by atoms with Crippen LogP contribution in [-0.4, -0.2) is 26.1 Å². The van der Waals surface area contributed by atoms with Crippen LogP contribution in [0.1, 0.15) is 17.3 Å². The van der Waals surface area contributed by atoms with Crippen LogP contribution < -0.4 is 5.73 Å². The van der Waals surface area contributed by atoms with Crippen molar-refractivity contribution < 1.29 is 15.0 Å². The van der Waals surface area contributed by atoms with Crippen molar-refractivity contribution in [1.82, 2.24) is 9.97 Å². The number of hydrogen-bond acceptors (Lipinski definition) is 5. The Morgan fingerprint density at radius 2 is 1.89 bits per heavy atom. The van der Waals surface area contributed by atoms with E-state index in [0.29, 0.717) is 5.56 Å². The van der Waals surface area contributed by atoms with Crippen molar-refractivity contribution in [2.45, 2.75) is 5.92 Å². The lowest BCUT2D eigenvalue weighted by atomic mass is 9.97. The van der Waals surface area contributed by atoms with Crippen LogP contribution in [0.15, 0.2) is 36.5 Å². The molecule has 1 aromatic heterocycles. The standard InChI is InChI=1S/C12H11N3O3/c13-10(17)9(7-4-2-1-3-5-7)11-14-6-8(16)12(18)15-11/h1-6,9,16H,(H2,13,17)(H,14,15,18). The number of benzene rings is 1. The predicted molar refractivity (Wildman–Crippen MR) is 62.8 cm³/mol. The average Bonchev–Trinajstić information content (AvgIpc) is 2.35. The summed E-state index contributed by atoms with van der Waals surface area (Å²) < 4.78 is 0. The van der Waals surface area contributed by atoms with Gasteiger partial charge in [-0.15, -0.1) is 0 Å². The number of rotatable bonds is 3. The van der Waals surface area contributed by atoms with Crippen LogP contribution in [0.2, 0.25) is 0 Å². The highest BCUT2D eigenvalue weighted by Crippen LogP contribution is 2.26. The molecular weight excluding hydrogens is 234 g/mol. The maximum Gasteiger partial charge on any atom is 0.257 e. The Bertz CT molecular complexity index is 572. The molecule has 0 radical (unpaired) electrons. The fourth-order valence-corrected chi connectivity index (χ4v) is 1.60. The first-order valence-electron chi connectivity index (χ1n) is 5.18. The van der Waals surface area contributed by atoms with Gasteiger partial charge in [-0.3, -0.25) is 4.79 Å². The summed E-state index contributed by atoms with van der Waals surface area (Å²) in [4.78, 5) is 19.0. The molecule has 0 saturated heterocycles. The van der Waals surface area contributed by atoms with Crippen LogP contribution >= 0.6 is 0 Å². The number of aromatic hydroxyl groups is 2. The van der Waals surface area contributed by atoms with E-state index in [-0.39, 0.29) is 5.82 Å². The third-order valence-electron chi connectivity index (χ3n) is 2.44. The number of carbonyl (C=O) groups is 1. The van der Waals surface area contributed by atoms with Crippen molar-refractivity contribution in [3.05, 3.63) is 47.9 Å². The summed E-state index contributed by atoms with van der Waals surface area (Å²) in [7, 11) is 0. The second-order valence-electron chi connectivity index (χ2n) is 3.68. The van der Waals surface area contributed by atoms with Crippen molar-refractivity contribution in [3.63, 3.8) is 0 Å². The predicted octanol–water partition coefficient (Wildman–Crippen LogP) is 0.505. The number of nitrogens with two attached hydrogens (primary N) is 1. The van der Waals surface area contributed by atoms with Gasteiger partial charge in [0.2, 0.25) is 5.91 Å². The smallest absolute Gasteiger partial charge is 0.257 e. The van der Waals surface area contributed by atoms with E-state index >= 15 is 0 Å². The van der Waals surface area contributed by atoms with Gasteiger partial charge in [0.25, 0.3) is 5.88 Å². The van der Waals surface area contributed by atoms with Crippen molar-refractivity contribution in [3.8, 4) is 11.6 Å². The van der Waals surface area contributed by atoms with Crippen LogP contribution in [0, 0.1) is 0 Å². The van der Waals surface area contributed by atoms with Gasteiger partial charge in [-0.1, -0.05) is 30.3 Å². The number of carbonyl (C=O) groups excluding carboxylic acids is 1. The molecule has 0 spiro atoms. The Morgan fingerprint density at radius 3 is 2.44 bits per heavy atom. The Kier molecular flexibility index (Phi) is 3.09. The second kappa shape index (κ2) is 4.70. The van der Waals surface area contributed by atoms with E-state index in [1.165, 1.54) is 0 Å². The summed E-state index contributed by atoms with van der Waals surface area (Å²) in [6.45, 7) is 0. The Hall–Kier alpha value is -2.63. The molecule has 6 heteroatoms. The third kappa shape index (κ3) is 2.22. The Labute approximate surface area is 103 Å². The first-order chi connectivity index (χ1) is 8.59. The molecule has 1 aromatic carbocycles. The molecular formula is C12H11N3O3. The van der Waals surface area contributed by atoms with Gasteiger partial charge in [0, 0.05) is 0 Å². The number of hydrogen-bond donors (Lipinski definition) is 3. The number of aromatic nitrogens is 2. The molecule has 2 rings (SSSR count). The van der Waals surface area contributed by atoms with E-state index in [2.05, 4.69) is 9.97 Å². The zero-order valence-corrected chi connectivity index (χ0v) is 9.32. The minimum atomic E-state index is -0.863. The minimum Gasteiger partial charge on any atom is -0.502 e. The van der Waals surface area contributed by atoms with Crippen LogP contribution in [-0.2, 0) is 4.79 Å². The lowest BCUT2D eigenvalue weighted by molar-refractivity contribution is -0.118. The van der Waals surface area contributed by atoms with Gasteiger partial charge in [0.15, 0.2) is 5.75 Å². The first kappa shape index (κ1) is 11.8. The number of nitrogens with zero attached hydrogens (tertiary/aromatic N) is 2. The molecule has 6 nitrogen and oxygen atoms in total. The number of primary amides is 1. The summed E-state index contributed by atoms with van der Waals surface area (Å²) >= 11 is 0. The molecule has 4 N–H and O–H groups in total. The highest BCUT2D eigenvalue weighted by atomic mass is 16.3. The molecule has 1 amide bonds. The van der Waals surface area contributed by atoms with E-state index in [0.717, 1.165) is 6.20 Å². The van der Waals surface area contributed by atoms with E-state index in [4.69, 9.17) is 10.8 Å². The molecule has 2 aromatic rings. The van der Waals surface area contributed by atoms with Crippen LogP contribution in [0.5, 0.6) is 11.6 Å². The normalized spacial score (nSPS) is 12.0. The van der Waals surface area contributed by atoms with E-state index in [1.54, 1.807) is 30.3 Å². The molecule has 0 fully saturated rings. The van der Waals surface area contributed by atoms with Crippen molar-refractivity contribution in [2.75, 3.05) is 0 Å². The topological polar surface area (TPSA) is 109 Å². The fourth-order valence-electron chi connectivity index (χ4n) is 1.60.